The molecule has 0 aromatic carbocycles. The lowest BCUT2D eigenvalue weighted by atomic mass is 9.87. The third kappa shape index (κ3) is 3.32. The van der Waals surface area contributed by atoms with Crippen molar-refractivity contribution >= 4 is 22.6 Å². The molecule has 0 aromatic heterocycles. The standard InChI is InChI=1S/C10H21N3O2S.ClH/c1-9(2)12-16(14,15)13-6-4-10(8-13)3-5-11-7-10;/h9,11-12H,3-8H2,1-2H3;1H. The van der Waals surface area contributed by atoms with Crippen LogP contribution in [0, 0.1) is 5.41 Å². The van der Waals surface area contributed by atoms with Gasteiger partial charge < -0.3 is 5.32 Å². The monoisotopic (exact) mass is 283 g/mol. The molecule has 2 rings (SSSR count). The first-order valence-corrected chi connectivity index (χ1v) is 7.36. The molecule has 0 amide bonds. The summed E-state index contributed by atoms with van der Waals surface area (Å²) in [6.07, 6.45) is 2.08. The summed E-state index contributed by atoms with van der Waals surface area (Å²) in [6.45, 7) is 7.00. The molecule has 0 bridgehead atoms. The number of hydrogen-bond donors (Lipinski definition) is 2. The molecule has 1 unspecified atom stereocenters. The summed E-state index contributed by atoms with van der Waals surface area (Å²) >= 11 is 0. The highest BCUT2D eigenvalue weighted by Gasteiger charge is 2.44. The quantitative estimate of drug-likeness (QED) is 0.785. The number of halogens is 1. The van der Waals surface area contributed by atoms with Gasteiger partial charge in [0.05, 0.1) is 0 Å². The molecule has 102 valence electrons. The van der Waals surface area contributed by atoms with Gasteiger partial charge in [0.1, 0.15) is 0 Å². The Bertz CT molecular complexity index is 353. The lowest BCUT2D eigenvalue weighted by molar-refractivity contribution is 0.336. The Hall–Kier alpha value is 0.120. The van der Waals surface area contributed by atoms with Crippen molar-refractivity contribution in [2.45, 2.75) is 32.7 Å². The first kappa shape index (κ1) is 15.2. The lowest BCUT2D eigenvalue weighted by Crippen LogP contribution is -2.43. The Balaban J connectivity index is 0.00000144. The Morgan fingerprint density at radius 3 is 2.59 bits per heavy atom. The summed E-state index contributed by atoms with van der Waals surface area (Å²) in [5.41, 5.74) is 0.200. The predicted octanol–water partition coefficient (Wildman–Crippen LogP) is 0.336. The van der Waals surface area contributed by atoms with Gasteiger partial charge in [0.25, 0.3) is 10.2 Å². The minimum atomic E-state index is -3.27. The van der Waals surface area contributed by atoms with Gasteiger partial charge >= 0.3 is 0 Å². The van der Waals surface area contributed by atoms with Crippen molar-refractivity contribution in [1.82, 2.24) is 14.3 Å². The highest BCUT2D eigenvalue weighted by atomic mass is 35.5. The minimum absolute atomic E-state index is 0. The van der Waals surface area contributed by atoms with Crippen LogP contribution in [0.4, 0.5) is 0 Å². The van der Waals surface area contributed by atoms with Crippen molar-refractivity contribution in [1.29, 1.82) is 0 Å². The van der Waals surface area contributed by atoms with Gasteiger partial charge in [-0.15, -0.1) is 12.4 Å². The molecule has 0 aliphatic carbocycles. The molecule has 2 aliphatic rings. The number of nitrogens with zero attached hydrogens (tertiary/aromatic N) is 1. The van der Waals surface area contributed by atoms with Gasteiger partial charge in [-0.05, 0) is 38.6 Å². The fourth-order valence-electron chi connectivity index (χ4n) is 2.62. The average Bonchev–Trinajstić information content (AvgIpc) is 2.75. The van der Waals surface area contributed by atoms with Crippen LogP contribution in [0.25, 0.3) is 0 Å². The fourth-order valence-corrected chi connectivity index (χ4v) is 4.14. The molecule has 0 aromatic rings. The summed E-state index contributed by atoms with van der Waals surface area (Å²) in [5.74, 6) is 0. The average molecular weight is 284 g/mol. The Labute approximate surface area is 110 Å². The number of hydrogen-bond acceptors (Lipinski definition) is 3. The topological polar surface area (TPSA) is 61.4 Å². The van der Waals surface area contributed by atoms with Crippen LogP contribution in [0.1, 0.15) is 26.7 Å². The van der Waals surface area contributed by atoms with E-state index >= 15 is 0 Å². The maximum absolute atomic E-state index is 12.0. The molecule has 2 N–H and O–H groups in total. The summed E-state index contributed by atoms with van der Waals surface area (Å²) < 4.78 is 28.2. The molecule has 2 saturated heterocycles. The van der Waals surface area contributed by atoms with Gasteiger partial charge in [-0.25, -0.2) is 0 Å². The molecule has 7 heteroatoms. The third-order valence-corrected chi connectivity index (χ3v) is 5.22. The molecule has 0 saturated carbocycles. The number of nitrogens with one attached hydrogen (secondary N) is 2. The van der Waals surface area contributed by atoms with E-state index in [9.17, 15) is 8.42 Å². The Morgan fingerprint density at radius 1 is 1.35 bits per heavy atom. The van der Waals surface area contributed by atoms with E-state index in [-0.39, 0.29) is 23.9 Å². The molecule has 17 heavy (non-hydrogen) atoms. The molecule has 2 aliphatic heterocycles. The molecular formula is C10H22ClN3O2S. The van der Waals surface area contributed by atoms with Crippen molar-refractivity contribution in [2.24, 2.45) is 5.41 Å². The van der Waals surface area contributed by atoms with Gasteiger partial charge in [0.15, 0.2) is 0 Å². The largest absolute Gasteiger partial charge is 0.316 e. The van der Waals surface area contributed by atoms with E-state index < -0.39 is 10.2 Å². The maximum atomic E-state index is 12.0. The van der Waals surface area contributed by atoms with E-state index in [0.717, 1.165) is 25.9 Å². The number of rotatable bonds is 3. The van der Waals surface area contributed by atoms with Crippen molar-refractivity contribution < 1.29 is 8.42 Å². The predicted molar refractivity (Wildman–Crippen MR) is 70.5 cm³/mol. The van der Waals surface area contributed by atoms with E-state index in [4.69, 9.17) is 0 Å². The fraction of sp³-hybridized carbons (Fsp3) is 1.00. The van der Waals surface area contributed by atoms with Gasteiger partial charge in [0, 0.05) is 25.7 Å². The molecular weight excluding hydrogens is 262 g/mol. The van der Waals surface area contributed by atoms with Crippen LogP contribution >= 0.6 is 12.4 Å². The van der Waals surface area contributed by atoms with Gasteiger partial charge in [-0.2, -0.15) is 17.4 Å². The smallest absolute Gasteiger partial charge is 0.279 e. The zero-order valence-electron chi connectivity index (χ0n) is 10.4. The van der Waals surface area contributed by atoms with Gasteiger partial charge in [-0.3, -0.25) is 0 Å². The summed E-state index contributed by atoms with van der Waals surface area (Å²) in [6, 6.07) is -0.0387. The van der Waals surface area contributed by atoms with Crippen LogP contribution in [-0.4, -0.2) is 44.9 Å². The lowest BCUT2D eigenvalue weighted by Gasteiger charge is -2.23. The van der Waals surface area contributed by atoms with Crippen LogP contribution in [-0.2, 0) is 10.2 Å². The Kier molecular flexibility index (Phi) is 4.82. The maximum Gasteiger partial charge on any atom is 0.279 e. The van der Waals surface area contributed by atoms with Crippen LogP contribution < -0.4 is 10.0 Å². The van der Waals surface area contributed by atoms with Crippen molar-refractivity contribution in [3.63, 3.8) is 0 Å². The first-order valence-electron chi connectivity index (χ1n) is 5.92. The molecule has 1 spiro atoms. The normalized spacial score (nSPS) is 30.1. The van der Waals surface area contributed by atoms with E-state index in [2.05, 4.69) is 10.0 Å². The second-order valence-electron chi connectivity index (χ2n) is 5.29. The van der Waals surface area contributed by atoms with E-state index in [1.807, 2.05) is 13.8 Å². The second-order valence-corrected chi connectivity index (χ2v) is 6.99. The van der Waals surface area contributed by atoms with Crippen LogP contribution in [0.2, 0.25) is 0 Å². The van der Waals surface area contributed by atoms with Crippen molar-refractivity contribution in [3.05, 3.63) is 0 Å². The van der Waals surface area contributed by atoms with Crippen molar-refractivity contribution in [2.75, 3.05) is 26.2 Å². The van der Waals surface area contributed by atoms with E-state index in [1.165, 1.54) is 0 Å². The highest BCUT2D eigenvalue weighted by molar-refractivity contribution is 7.87. The molecule has 0 radical (unpaired) electrons. The van der Waals surface area contributed by atoms with E-state index in [1.54, 1.807) is 4.31 Å². The zero-order chi connectivity index (χ0) is 11.8. The second kappa shape index (κ2) is 5.40. The first-order chi connectivity index (χ1) is 7.44. The minimum Gasteiger partial charge on any atom is -0.316 e. The SMILES string of the molecule is CC(C)NS(=O)(=O)N1CCC2(CCNC2)C1.Cl. The van der Waals surface area contributed by atoms with Crippen LogP contribution in [0.3, 0.4) is 0 Å². The summed E-state index contributed by atoms with van der Waals surface area (Å²) in [4.78, 5) is 0. The molecule has 2 heterocycles. The molecule has 2 fully saturated rings. The van der Waals surface area contributed by atoms with Crippen LogP contribution in [0.15, 0.2) is 0 Å². The zero-order valence-corrected chi connectivity index (χ0v) is 12.0. The molecule has 1 atom stereocenters. The highest BCUT2D eigenvalue weighted by Crippen LogP contribution is 2.36. The van der Waals surface area contributed by atoms with E-state index in [0.29, 0.717) is 13.1 Å². The molecule has 5 nitrogen and oxygen atoms in total. The van der Waals surface area contributed by atoms with Gasteiger partial charge in [0.2, 0.25) is 0 Å². The van der Waals surface area contributed by atoms with Crippen molar-refractivity contribution in [3.8, 4) is 0 Å². The summed E-state index contributed by atoms with van der Waals surface area (Å²) in [7, 11) is -3.27. The summed E-state index contributed by atoms with van der Waals surface area (Å²) in [5, 5.41) is 3.33. The third-order valence-electron chi connectivity index (χ3n) is 3.46. The van der Waals surface area contributed by atoms with Crippen LogP contribution in [0.5, 0.6) is 0 Å². The Morgan fingerprint density at radius 2 is 2.06 bits per heavy atom. The van der Waals surface area contributed by atoms with Gasteiger partial charge in [-0.1, -0.05) is 0 Å².